The van der Waals surface area contributed by atoms with E-state index in [2.05, 4.69) is 25.5 Å². The molecule has 0 atom stereocenters. The molecule has 0 bridgehead atoms. The average Bonchev–Trinajstić information content (AvgIpc) is 2.87. The lowest BCUT2D eigenvalue weighted by Gasteiger charge is -2.11. The normalized spacial score (nSPS) is 10.7. The Balaban J connectivity index is 2.09. The predicted molar refractivity (Wildman–Crippen MR) is 77.4 cm³/mol. The van der Waals surface area contributed by atoms with E-state index in [0.29, 0.717) is 27.9 Å². The van der Waals surface area contributed by atoms with Crippen molar-refractivity contribution in [2.24, 2.45) is 0 Å². The van der Waals surface area contributed by atoms with Crippen LogP contribution in [0.2, 0.25) is 5.02 Å². The Morgan fingerprint density at radius 2 is 2.20 bits per heavy atom. The van der Waals surface area contributed by atoms with Crippen LogP contribution in [0.5, 0.6) is 5.75 Å². The van der Waals surface area contributed by atoms with Crippen LogP contribution >= 0.6 is 11.6 Å². The van der Waals surface area contributed by atoms with Crippen LogP contribution in [0.15, 0.2) is 24.4 Å². The maximum Gasteiger partial charge on any atom is 0.224 e. The first-order valence-electron chi connectivity index (χ1n) is 5.74. The molecule has 3 rings (SSSR count). The summed E-state index contributed by atoms with van der Waals surface area (Å²) in [6.45, 7) is 0. The number of nitrogen functional groups attached to an aromatic ring is 1. The van der Waals surface area contributed by atoms with E-state index in [4.69, 9.17) is 22.1 Å². The van der Waals surface area contributed by atoms with E-state index in [1.165, 1.54) is 0 Å². The van der Waals surface area contributed by atoms with E-state index in [-0.39, 0.29) is 5.95 Å². The smallest absolute Gasteiger partial charge is 0.224 e. The fraction of sp³-hybridized carbons (Fsp3) is 0.0833. The van der Waals surface area contributed by atoms with Gasteiger partial charge in [-0.1, -0.05) is 11.6 Å². The molecule has 0 saturated carbocycles. The van der Waals surface area contributed by atoms with Gasteiger partial charge in [0.1, 0.15) is 11.6 Å². The van der Waals surface area contributed by atoms with Gasteiger partial charge in [-0.3, -0.25) is 5.10 Å². The van der Waals surface area contributed by atoms with Crippen molar-refractivity contribution in [1.29, 1.82) is 0 Å². The van der Waals surface area contributed by atoms with Crippen LogP contribution in [-0.4, -0.2) is 27.3 Å². The summed E-state index contributed by atoms with van der Waals surface area (Å²) in [7, 11) is 1.58. The quantitative estimate of drug-likeness (QED) is 0.684. The molecule has 102 valence electrons. The Bertz CT molecular complexity index is 772. The third kappa shape index (κ3) is 2.19. The number of halogens is 1. The van der Waals surface area contributed by atoms with Crippen LogP contribution < -0.4 is 15.8 Å². The molecule has 8 heteroatoms. The minimum absolute atomic E-state index is 0.144. The van der Waals surface area contributed by atoms with Crippen molar-refractivity contribution in [3.63, 3.8) is 0 Å². The zero-order valence-electron chi connectivity index (χ0n) is 10.5. The van der Waals surface area contributed by atoms with Gasteiger partial charge in [-0.15, -0.1) is 0 Å². The van der Waals surface area contributed by atoms with Crippen molar-refractivity contribution in [1.82, 2.24) is 20.2 Å². The molecule has 0 unspecified atom stereocenters. The Morgan fingerprint density at radius 3 is 3.00 bits per heavy atom. The summed E-state index contributed by atoms with van der Waals surface area (Å²) in [5, 5.41) is 11.1. The standard InChI is InChI=1S/C12H11ClN6O/c1-20-9-3-2-6(13)4-8(9)16-10-7-5-15-19-11(7)18-12(14)17-10/h2-5H,1H3,(H4,14,15,16,17,18,19). The number of methoxy groups -OCH3 is 1. The van der Waals surface area contributed by atoms with Crippen LogP contribution in [0.1, 0.15) is 0 Å². The fourth-order valence-electron chi connectivity index (χ4n) is 1.85. The molecule has 0 aliphatic heterocycles. The SMILES string of the molecule is COc1ccc(Cl)cc1Nc1nc(N)nc2[nH]ncc12. The van der Waals surface area contributed by atoms with Gasteiger partial charge in [0.2, 0.25) is 5.95 Å². The third-order valence-corrected chi connectivity index (χ3v) is 2.98. The minimum Gasteiger partial charge on any atom is -0.495 e. The maximum absolute atomic E-state index is 6.00. The van der Waals surface area contributed by atoms with Crippen molar-refractivity contribution >= 4 is 40.1 Å². The molecule has 7 nitrogen and oxygen atoms in total. The van der Waals surface area contributed by atoms with Gasteiger partial charge >= 0.3 is 0 Å². The van der Waals surface area contributed by atoms with Crippen molar-refractivity contribution in [2.45, 2.75) is 0 Å². The lowest BCUT2D eigenvalue weighted by Crippen LogP contribution is -2.02. The number of aromatic amines is 1. The molecule has 0 aliphatic carbocycles. The first-order valence-corrected chi connectivity index (χ1v) is 6.12. The number of hydrogen-bond donors (Lipinski definition) is 3. The minimum atomic E-state index is 0.144. The molecular weight excluding hydrogens is 280 g/mol. The zero-order valence-corrected chi connectivity index (χ0v) is 11.3. The highest BCUT2D eigenvalue weighted by Crippen LogP contribution is 2.31. The van der Waals surface area contributed by atoms with Crippen LogP contribution in [0.3, 0.4) is 0 Å². The lowest BCUT2D eigenvalue weighted by molar-refractivity contribution is 0.417. The highest BCUT2D eigenvalue weighted by Gasteiger charge is 2.11. The van der Waals surface area contributed by atoms with E-state index in [0.717, 1.165) is 5.39 Å². The molecule has 0 aliphatic rings. The summed E-state index contributed by atoms with van der Waals surface area (Å²) in [6.07, 6.45) is 1.62. The molecule has 0 saturated heterocycles. The number of anilines is 3. The van der Waals surface area contributed by atoms with Gasteiger partial charge in [0, 0.05) is 5.02 Å². The number of H-pyrrole nitrogens is 1. The number of fused-ring (bicyclic) bond motifs is 1. The van der Waals surface area contributed by atoms with Gasteiger partial charge in [-0.05, 0) is 18.2 Å². The molecule has 20 heavy (non-hydrogen) atoms. The average molecular weight is 291 g/mol. The van der Waals surface area contributed by atoms with Crippen molar-refractivity contribution in [3.05, 3.63) is 29.4 Å². The molecule has 0 radical (unpaired) electrons. The van der Waals surface area contributed by atoms with Gasteiger partial charge in [-0.25, -0.2) is 0 Å². The summed E-state index contributed by atoms with van der Waals surface area (Å²) >= 11 is 6.00. The second-order valence-corrected chi connectivity index (χ2v) is 4.47. The number of nitrogens with two attached hydrogens (primary N) is 1. The highest BCUT2D eigenvalue weighted by molar-refractivity contribution is 6.31. The van der Waals surface area contributed by atoms with Crippen molar-refractivity contribution < 1.29 is 4.74 Å². The van der Waals surface area contributed by atoms with Crippen LogP contribution in [0.25, 0.3) is 11.0 Å². The number of nitrogens with one attached hydrogen (secondary N) is 2. The second-order valence-electron chi connectivity index (χ2n) is 4.03. The third-order valence-electron chi connectivity index (χ3n) is 2.74. The Hall–Kier alpha value is -2.54. The maximum atomic E-state index is 6.00. The first-order chi connectivity index (χ1) is 9.67. The first kappa shape index (κ1) is 12.5. The van der Waals surface area contributed by atoms with Crippen LogP contribution in [0.4, 0.5) is 17.5 Å². The number of benzene rings is 1. The number of rotatable bonds is 3. The topological polar surface area (TPSA) is 102 Å². The Morgan fingerprint density at radius 1 is 1.35 bits per heavy atom. The van der Waals surface area contributed by atoms with E-state index >= 15 is 0 Å². The summed E-state index contributed by atoms with van der Waals surface area (Å²) < 4.78 is 5.28. The number of nitrogens with zero attached hydrogens (tertiary/aromatic N) is 3. The molecule has 2 heterocycles. The molecule has 0 fully saturated rings. The summed E-state index contributed by atoms with van der Waals surface area (Å²) in [5.74, 6) is 1.32. The van der Waals surface area contributed by atoms with E-state index in [1.807, 2.05) is 0 Å². The van der Waals surface area contributed by atoms with Gasteiger partial charge in [0.15, 0.2) is 5.65 Å². The van der Waals surface area contributed by atoms with Crippen LogP contribution in [0, 0.1) is 0 Å². The summed E-state index contributed by atoms with van der Waals surface area (Å²) in [4.78, 5) is 8.22. The lowest BCUT2D eigenvalue weighted by atomic mass is 10.2. The van der Waals surface area contributed by atoms with E-state index in [9.17, 15) is 0 Å². The highest BCUT2D eigenvalue weighted by atomic mass is 35.5. The van der Waals surface area contributed by atoms with E-state index in [1.54, 1.807) is 31.5 Å². The van der Waals surface area contributed by atoms with Gasteiger partial charge < -0.3 is 15.8 Å². The monoisotopic (exact) mass is 290 g/mol. The van der Waals surface area contributed by atoms with Gasteiger partial charge in [0.25, 0.3) is 0 Å². The molecule has 3 aromatic rings. The predicted octanol–water partition coefficient (Wildman–Crippen LogP) is 2.34. The molecule has 0 amide bonds. The second kappa shape index (κ2) is 4.86. The molecule has 1 aromatic carbocycles. The van der Waals surface area contributed by atoms with Gasteiger partial charge in [0.05, 0.1) is 24.4 Å². The molecule has 4 N–H and O–H groups in total. The number of hydrogen-bond acceptors (Lipinski definition) is 6. The number of ether oxygens (including phenoxy) is 1. The fourth-order valence-corrected chi connectivity index (χ4v) is 2.03. The Labute approximate surface area is 119 Å². The Kier molecular flexibility index (Phi) is 3.03. The molecule has 0 spiro atoms. The summed E-state index contributed by atoms with van der Waals surface area (Å²) in [5.41, 5.74) is 6.91. The largest absolute Gasteiger partial charge is 0.495 e. The van der Waals surface area contributed by atoms with Crippen LogP contribution in [-0.2, 0) is 0 Å². The number of aromatic nitrogens is 4. The van der Waals surface area contributed by atoms with Gasteiger partial charge in [-0.2, -0.15) is 15.1 Å². The van der Waals surface area contributed by atoms with E-state index < -0.39 is 0 Å². The van der Waals surface area contributed by atoms with Crippen molar-refractivity contribution in [2.75, 3.05) is 18.2 Å². The molecular formula is C12H11ClN6O. The van der Waals surface area contributed by atoms with Crippen molar-refractivity contribution in [3.8, 4) is 5.75 Å². The zero-order chi connectivity index (χ0) is 14.1. The molecule has 2 aromatic heterocycles. The summed E-state index contributed by atoms with van der Waals surface area (Å²) in [6, 6.07) is 5.25.